The molecule has 21 heavy (non-hydrogen) atoms. The number of carbonyl (C=O) groups excluding carboxylic acids is 1. The molecule has 0 fully saturated rings. The van der Waals surface area contributed by atoms with Crippen LogP contribution in [-0.4, -0.2) is 23.7 Å². The van der Waals surface area contributed by atoms with Gasteiger partial charge in [-0.05, 0) is 18.8 Å². The van der Waals surface area contributed by atoms with Gasteiger partial charge in [0.15, 0.2) is 0 Å². The molecule has 1 aliphatic carbocycles. The zero-order valence-electron chi connectivity index (χ0n) is 13.2. The SMILES string of the molecule is CCCCCCCCOC(=O)C1C(C)C=CCC1C(=O)O. The van der Waals surface area contributed by atoms with Crippen molar-refractivity contribution in [3.05, 3.63) is 12.2 Å². The monoisotopic (exact) mass is 296 g/mol. The van der Waals surface area contributed by atoms with Crippen molar-refractivity contribution in [1.82, 2.24) is 0 Å². The van der Waals surface area contributed by atoms with Gasteiger partial charge in [-0.1, -0.05) is 58.1 Å². The van der Waals surface area contributed by atoms with Gasteiger partial charge in [0.1, 0.15) is 0 Å². The second-order valence-electron chi connectivity index (χ2n) is 5.93. The van der Waals surface area contributed by atoms with Gasteiger partial charge < -0.3 is 9.84 Å². The fourth-order valence-corrected chi connectivity index (χ4v) is 2.86. The molecule has 3 atom stereocenters. The Morgan fingerprint density at radius 2 is 1.86 bits per heavy atom. The van der Waals surface area contributed by atoms with Crippen molar-refractivity contribution in [2.24, 2.45) is 17.8 Å². The first-order valence-electron chi connectivity index (χ1n) is 8.14. The Hall–Kier alpha value is -1.32. The van der Waals surface area contributed by atoms with Crippen molar-refractivity contribution in [3.8, 4) is 0 Å². The number of allylic oxidation sites excluding steroid dienone is 2. The van der Waals surface area contributed by atoms with Crippen LogP contribution in [0.3, 0.4) is 0 Å². The molecule has 1 rings (SSSR count). The number of ether oxygens (including phenoxy) is 1. The molecule has 0 saturated heterocycles. The lowest BCUT2D eigenvalue weighted by Gasteiger charge is -2.28. The van der Waals surface area contributed by atoms with E-state index in [0.717, 1.165) is 12.8 Å². The van der Waals surface area contributed by atoms with Crippen LogP contribution in [-0.2, 0) is 14.3 Å². The van der Waals surface area contributed by atoms with E-state index in [-0.39, 0.29) is 11.9 Å². The summed E-state index contributed by atoms with van der Waals surface area (Å²) in [6.07, 6.45) is 11.0. The predicted molar refractivity (Wildman–Crippen MR) is 81.9 cm³/mol. The van der Waals surface area contributed by atoms with Crippen molar-refractivity contribution in [1.29, 1.82) is 0 Å². The maximum absolute atomic E-state index is 12.1. The van der Waals surface area contributed by atoms with Crippen molar-refractivity contribution < 1.29 is 19.4 Å². The summed E-state index contributed by atoms with van der Waals surface area (Å²) in [5, 5.41) is 9.23. The minimum Gasteiger partial charge on any atom is -0.481 e. The number of unbranched alkanes of at least 4 members (excludes halogenated alkanes) is 5. The number of carbonyl (C=O) groups is 2. The smallest absolute Gasteiger partial charge is 0.310 e. The highest BCUT2D eigenvalue weighted by Gasteiger charge is 2.39. The van der Waals surface area contributed by atoms with Crippen LogP contribution in [0.2, 0.25) is 0 Å². The van der Waals surface area contributed by atoms with Crippen LogP contribution in [0.5, 0.6) is 0 Å². The van der Waals surface area contributed by atoms with E-state index in [2.05, 4.69) is 6.92 Å². The van der Waals surface area contributed by atoms with Crippen LogP contribution >= 0.6 is 0 Å². The summed E-state index contributed by atoms with van der Waals surface area (Å²) in [5.41, 5.74) is 0. The highest BCUT2D eigenvalue weighted by Crippen LogP contribution is 2.31. The summed E-state index contributed by atoms with van der Waals surface area (Å²) >= 11 is 0. The van der Waals surface area contributed by atoms with Gasteiger partial charge in [0.2, 0.25) is 0 Å². The van der Waals surface area contributed by atoms with Gasteiger partial charge in [-0.25, -0.2) is 0 Å². The van der Waals surface area contributed by atoms with E-state index in [4.69, 9.17) is 4.74 Å². The molecule has 4 heteroatoms. The van der Waals surface area contributed by atoms with Gasteiger partial charge in [0.25, 0.3) is 0 Å². The van der Waals surface area contributed by atoms with Crippen LogP contribution in [0.4, 0.5) is 0 Å². The van der Waals surface area contributed by atoms with Crippen molar-refractivity contribution in [2.75, 3.05) is 6.61 Å². The lowest BCUT2D eigenvalue weighted by atomic mass is 9.76. The molecular weight excluding hydrogens is 268 g/mol. The molecule has 120 valence electrons. The van der Waals surface area contributed by atoms with E-state index in [9.17, 15) is 14.7 Å². The van der Waals surface area contributed by atoms with Gasteiger partial charge in [-0.15, -0.1) is 0 Å². The van der Waals surface area contributed by atoms with E-state index < -0.39 is 17.8 Å². The molecule has 0 aromatic rings. The van der Waals surface area contributed by atoms with Crippen LogP contribution < -0.4 is 0 Å². The molecular formula is C17H28O4. The summed E-state index contributed by atoms with van der Waals surface area (Å²) in [6, 6.07) is 0. The number of aliphatic carboxylic acids is 1. The second kappa shape index (κ2) is 9.59. The lowest BCUT2D eigenvalue weighted by molar-refractivity contribution is -0.159. The van der Waals surface area contributed by atoms with E-state index >= 15 is 0 Å². The number of esters is 1. The highest BCUT2D eigenvalue weighted by molar-refractivity contribution is 5.82. The first-order chi connectivity index (χ1) is 10.1. The number of carboxylic acids is 1. The van der Waals surface area contributed by atoms with Gasteiger partial charge in [-0.3, -0.25) is 9.59 Å². The molecule has 0 radical (unpaired) electrons. The molecule has 4 nitrogen and oxygen atoms in total. The molecule has 0 spiro atoms. The van der Waals surface area contributed by atoms with Crippen LogP contribution in [0, 0.1) is 17.8 Å². The average molecular weight is 296 g/mol. The third kappa shape index (κ3) is 5.90. The van der Waals surface area contributed by atoms with E-state index in [0.29, 0.717) is 13.0 Å². The third-order valence-electron chi connectivity index (χ3n) is 4.16. The normalized spacial score (nSPS) is 24.8. The van der Waals surface area contributed by atoms with Crippen LogP contribution in [0.25, 0.3) is 0 Å². The minimum absolute atomic E-state index is 0.0723. The van der Waals surface area contributed by atoms with Crippen molar-refractivity contribution in [3.63, 3.8) is 0 Å². The van der Waals surface area contributed by atoms with E-state index in [1.807, 2.05) is 19.1 Å². The molecule has 0 aromatic heterocycles. The molecule has 3 unspecified atom stereocenters. The summed E-state index contributed by atoms with van der Waals surface area (Å²) in [4.78, 5) is 23.4. The Balaban J connectivity index is 2.32. The average Bonchev–Trinajstić information content (AvgIpc) is 2.45. The Morgan fingerprint density at radius 3 is 2.52 bits per heavy atom. The molecule has 1 aliphatic rings. The van der Waals surface area contributed by atoms with E-state index in [1.165, 1.54) is 25.7 Å². The molecule has 0 heterocycles. The second-order valence-corrected chi connectivity index (χ2v) is 5.93. The predicted octanol–water partition coefficient (Wildman–Crippen LogP) is 3.80. The largest absolute Gasteiger partial charge is 0.481 e. The molecule has 0 saturated carbocycles. The van der Waals surface area contributed by atoms with Gasteiger partial charge >= 0.3 is 11.9 Å². The Kier molecular flexibility index (Phi) is 8.09. The number of carboxylic acid groups (broad SMARTS) is 1. The lowest BCUT2D eigenvalue weighted by Crippen LogP contribution is -2.37. The summed E-state index contributed by atoms with van der Waals surface area (Å²) in [5.74, 6) is -2.54. The summed E-state index contributed by atoms with van der Waals surface area (Å²) in [7, 11) is 0. The quantitative estimate of drug-likeness (QED) is 0.399. The molecule has 0 aliphatic heterocycles. The maximum Gasteiger partial charge on any atom is 0.310 e. The fraction of sp³-hybridized carbons (Fsp3) is 0.765. The summed E-state index contributed by atoms with van der Waals surface area (Å²) in [6.45, 7) is 4.47. The fourth-order valence-electron chi connectivity index (χ4n) is 2.86. The minimum atomic E-state index is -0.910. The number of rotatable bonds is 9. The zero-order valence-corrected chi connectivity index (χ0v) is 13.2. The summed E-state index contributed by atoms with van der Waals surface area (Å²) < 4.78 is 5.30. The van der Waals surface area contributed by atoms with Gasteiger partial charge in [0, 0.05) is 0 Å². The third-order valence-corrected chi connectivity index (χ3v) is 4.16. The van der Waals surface area contributed by atoms with E-state index in [1.54, 1.807) is 0 Å². The molecule has 0 bridgehead atoms. The number of hydrogen-bond acceptors (Lipinski definition) is 3. The first-order valence-corrected chi connectivity index (χ1v) is 8.14. The number of hydrogen-bond donors (Lipinski definition) is 1. The van der Waals surface area contributed by atoms with Gasteiger partial charge in [0.05, 0.1) is 18.4 Å². The first kappa shape index (κ1) is 17.7. The maximum atomic E-state index is 12.1. The van der Waals surface area contributed by atoms with Gasteiger partial charge in [-0.2, -0.15) is 0 Å². The van der Waals surface area contributed by atoms with Crippen LogP contribution in [0.1, 0.15) is 58.8 Å². The Bertz CT molecular complexity index is 362. The zero-order chi connectivity index (χ0) is 15.7. The molecule has 0 amide bonds. The Morgan fingerprint density at radius 1 is 1.19 bits per heavy atom. The van der Waals surface area contributed by atoms with Crippen molar-refractivity contribution in [2.45, 2.75) is 58.8 Å². The molecule has 0 aromatic carbocycles. The highest BCUT2D eigenvalue weighted by atomic mass is 16.5. The standard InChI is InChI=1S/C17H28O4/c1-3-4-5-6-7-8-12-21-17(20)15-13(2)10-9-11-14(15)16(18)19/h9-10,13-15H,3-8,11-12H2,1-2H3,(H,18,19). The van der Waals surface area contributed by atoms with Crippen LogP contribution in [0.15, 0.2) is 12.2 Å². The Labute approximate surface area is 127 Å². The topological polar surface area (TPSA) is 63.6 Å². The molecule has 1 N–H and O–H groups in total. The van der Waals surface area contributed by atoms with Crippen molar-refractivity contribution >= 4 is 11.9 Å².